The van der Waals surface area contributed by atoms with Crippen LogP contribution < -0.4 is 5.32 Å². The molecule has 1 saturated heterocycles. The topological polar surface area (TPSA) is 32.3 Å². The number of piperidine rings is 1. The van der Waals surface area contributed by atoms with Crippen LogP contribution in [0.3, 0.4) is 0 Å². The smallest absolute Gasteiger partial charge is 0.228 e. The quantitative estimate of drug-likeness (QED) is 0.790. The van der Waals surface area contributed by atoms with E-state index >= 15 is 0 Å². The van der Waals surface area contributed by atoms with Crippen molar-refractivity contribution in [1.29, 1.82) is 0 Å². The molecule has 0 atom stereocenters. The minimum Gasteiger partial charge on any atom is -0.342 e. The van der Waals surface area contributed by atoms with Crippen molar-refractivity contribution in [2.75, 3.05) is 26.2 Å². The van der Waals surface area contributed by atoms with Crippen LogP contribution in [0, 0.1) is 11.3 Å². The molecule has 1 fully saturated rings. The van der Waals surface area contributed by atoms with Crippen LogP contribution in [0.25, 0.3) is 0 Å². The second kappa shape index (κ2) is 7.13. The Kier molecular flexibility index (Phi) is 6.13. The molecule has 0 saturated carbocycles. The molecule has 0 aromatic carbocycles. The molecule has 0 aliphatic carbocycles. The summed E-state index contributed by atoms with van der Waals surface area (Å²) in [5, 5.41) is 3.34. The van der Waals surface area contributed by atoms with Crippen LogP contribution in [0.5, 0.6) is 0 Å². The third-order valence-corrected chi connectivity index (χ3v) is 4.53. The molecule has 106 valence electrons. The van der Waals surface area contributed by atoms with E-state index < -0.39 is 0 Å². The zero-order chi connectivity index (χ0) is 13.6. The summed E-state index contributed by atoms with van der Waals surface area (Å²) in [7, 11) is 0. The van der Waals surface area contributed by atoms with Gasteiger partial charge in [0.25, 0.3) is 0 Å². The summed E-state index contributed by atoms with van der Waals surface area (Å²) in [6.45, 7) is 12.4. The molecular weight excluding hydrogens is 224 g/mol. The predicted octanol–water partition coefficient (Wildman–Crippen LogP) is 2.66. The van der Waals surface area contributed by atoms with Crippen LogP contribution in [-0.4, -0.2) is 37.0 Å². The number of carbonyl (C=O) groups excluding carboxylic acids is 1. The highest BCUT2D eigenvalue weighted by Gasteiger charge is 2.37. The largest absolute Gasteiger partial charge is 0.342 e. The normalized spacial score (nSPS) is 18.9. The molecule has 1 amide bonds. The summed E-state index contributed by atoms with van der Waals surface area (Å²) in [6.07, 6.45) is 4.29. The van der Waals surface area contributed by atoms with Gasteiger partial charge in [0, 0.05) is 18.5 Å². The molecular formula is C15H30N2O. The highest BCUT2D eigenvalue weighted by atomic mass is 16.2. The fraction of sp³-hybridized carbons (Fsp3) is 0.933. The van der Waals surface area contributed by atoms with Crippen LogP contribution in [0.15, 0.2) is 0 Å². The van der Waals surface area contributed by atoms with E-state index in [1.54, 1.807) is 0 Å². The number of hydrogen-bond acceptors (Lipinski definition) is 2. The van der Waals surface area contributed by atoms with Gasteiger partial charge in [0.15, 0.2) is 0 Å². The molecule has 1 aliphatic heterocycles. The molecule has 3 nitrogen and oxygen atoms in total. The SMILES string of the molecule is CCC(CC)CN(CC)C(=O)C1(C)CCNCC1. The van der Waals surface area contributed by atoms with Gasteiger partial charge >= 0.3 is 0 Å². The van der Waals surface area contributed by atoms with Crippen molar-refractivity contribution >= 4 is 5.91 Å². The van der Waals surface area contributed by atoms with Crippen molar-refractivity contribution in [3.8, 4) is 0 Å². The molecule has 0 aromatic heterocycles. The lowest BCUT2D eigenvalue weighted by Gasteiger charge is -2.38. The Morgan fingerprint density at radius 3 is 2.22 bits per heavy atom. The van der Waals surface area contributed by atoms with E-state index in [-0.39, 0.29) is 5.41 Å². The second-order valence-electron chi connectivity index (χ2n) is 5.84. The Morgan fingerprint density at radius 2 is 1.78 bits per heavy atom. The average molecular weight is 254 g/mol. The van der Waals surface area contributed by atoms with Crippen LogP contribution in [0.1, 0.15) is 53.4 Å². The summed E-state index contributed by atoms with van der Waals surface area (Å²) < 4.78 is 0. The summed E-state index contributed by atoms with van der Waals surface area (Å²) in [6, 6.07) is 0. The van der Waals surface area contributed by atoms with E-state index in [1.807, 2.05) is 0 Å². The molecule has 0 aromatic rings. The summed E-state index contributed by atoms with van der Waals surface area (Å²) in [5.41, 5.74) is -0.132. The molecule has 18 heavy (non-hydrogen) atoms. The third kappa shape index (κ3) is 3.71. The third-order valence-electron chi connectivity index (χ3n) is 4.53. The van der Waals surface area contributed by atoms with Crippen LogP contribution in [-0.2, 0) is 4.79 Å². The zero-order valence-corrected chi connectivity index (χ0v) is 12.6. The second-order valence-corrected chi connectivity index (χ2v) is 5.84. The van der Waals surface area contributed by atoms with Gasteiger partial charge in [0.1, 0.15) is 0 Å². The number of amides is 1. The Labute approximate surface area is 112 Å². The van der Waals surface area contributed by atoms with Gasteiger partial charge in [-0.1, -0.05) is 33.6 Å². The summed E-state index contributed by atoms with van der Waals surface area (Å²) in [4.78, 5) is 14.8. The minimum absolute atomic E-state index is 0.132. The average Bonchev–Trinajstić information content (AvgIpc) is 2.40. The predicted molar refractivity (Wildman–Crippen MR) is 76.5 cm³/mol. The summed E-state index contributed by atoms with van der Waals surface area (Å²) >= 11 is 0. The van der Waals surface area contributed by atoms with E-state index in [0.29, 0.717) is 11.8 Å². The highest BCUT2D eigenvalue weighted by molar-refractivity contribution is 5.82. The van der Waals surface area contributed by atoms with Crippen molar-refractivity contribution in [2.24, 2.45) is 11.3 Å². The molecule has 1 heterocycles. The van der Waals surface area contributed by atoms with Crippen LogP contribution in [0.2, 0.25) is 0 Å². The molecule has 1 aliphatic rings. The minimum atomic E-state index is -0.132. The maximum Gasteiger partial charge on any atom is 0.228 e. The summed E-state index contributed by atoms with van der Waals surface area (Å²) in [5.74, 6) is 1.03. The lowest BCUT2D eigenvalue weighted by atomic mass is 9.79. The van der Waals surface area contributed by atoms with Crippen molar-refractivity contribution in [2.45, 2.75) is 53.4 Å². The number of nitrogens with zero attached hydrogens (tertiary/aromatic N) is 1. The van der Waals surface area contributed by atoms with Gasteiger partial charge in [-0.3, -0.25) is 4.79 Å². The number of nitrogens with one attached hydrogen (secondary N) is 1. The maximum absolute atomic E-state index is 12.7. The first-order valence-electron chi connectivity index (χ1n) is 7.57. The molecule has 0 radical (unpaired) electrons. The zero-order valence-electron chi connectivity index (χ0n) is 12.6. The van der Waals surface area contributed by atoms with Crippen molar-refractivity contribution in [3.63, 3.8) is 0 Å². The van der Waals surface area contributed by atoms with E-state index in [1.165, 1.54) is 12.8 Å². The van der Waals surface area contributed by atoms with Gasteiger partial charge in [-0.2, -0.15) is 0 Å². The maximum atomic E-state index is 12.7. The lowest BCUT2D eigenvalue weighted by Crippen LogP contribution is -2.48. The van der Waals surface area contributed by atoms with Gasteiger partial charge in [-0.15, -0.1) is 0 Å². The monoisotopic (exact) mass is 254 g/mol. The number of hydrogen-bond donors (Lipinski definition) is 1. The molecule has 1 N–H and O–H groups in total. The van der Waals surface area contributed by atoms with Crippen molar-refractivity contribution in [3.05, 3.63) is 0 Å². The molecule has 0 spiro atoms. The Morgan fingerprint density at radius 1 is 1.22 bits per heavy atom. The van der Waals surface area contributed by atoms with Crippen molar-refractivity contribution < 1.29 is 4.79 Å². The Bertz CT molecular complexity index is 255. The molecule has 3 heteroatoms. The van der Waals surface area contributed by atoms with Gasteiger partial charge < -0.3 is 10.2 Å². The lowest BCUT2D eigenvalue weighted by molar-refractivity contribution is -0.143. The van der Waals surface area contributed by atoms with E-state index in [4.69, 9.17) is 0 Å². The number of carbonyl (C=O) groups is 1. The van der Waals surface area contributed by atoms with Gasteiger partial charge in [0.05, 0.1) is 0 Å². The fourth-order valence-electron chi connectivity index (χ4n) is 2.79. The van der Waals surface area contributed by atoms with Gasteiger partial charge in [-0.05, 0) is 38.8 Å². The number of rotatable bonds is 6. The first kappa shape index (κ1) is 15.5. The molecule has 1 rings (SSSR count). The van der Waals surface area contributed by atoms with Gasteiger partial charge in [0.2, 0.25) is 5.91 Å². The standard InChI is InChI=1S/C15H30N2O/c1-5-13(6-2)12-17(7-3)14(18)15(4)8-10-16-11-9-15/h13,16H,5-12H2,1-4H3. The first-order valence-corrected chi connectivity index (χ1v) is 7.57. The Hall–Kier alpha value is -0.570. The Balaban J connectivity index is 2.65. The highest BCUT2D eigenvalue weighted by Crippen LogP contribution is 2.30. The van der Waals surface area contributed by atoms with E-state index in [0.717, 1.165) is 39.0 Å². The van der Waals surface area contributed by atoms with E-state index in [2.05, 4.69) is 37.9 Å². The van der Waals surface area contributed by atoms with Crippen LogP contribution in [0.4, 0.5) is 0 Å². The molecule has 0 unspecified atom stereocenters. The first-order chi connectivity index (χ1) is 8.57. The van der Waals surface area contributed by atoms with Gasteiger partial charge in [-0.25, -0.2) is 0 Å². The fourth-order valence-corrected chi connectivity index (χ4v) is 2.79. The van der Waals surface area contributed by atoms with E-state index in [9.17, 15) is 4.79 Å². The molecule has 0 bridgehead atoms. The van der Waals surface area contributed by atoms with Crippen LogP contribution >= 0.6 is 0 Å². The van der Waals surface area contributed by atoms with Crippen molar-refractivity contribution in [1.82, 2.24) is 10.2 Å².